The lowest BCUT2D eigenvalue weighted by atomic mass is 10.4. The summed E-state index contributed by atoms with van der Waals surface area (Å²) in [7, 11) is -3.45. The van der Waals surface area contributed by atoms with Crippen molar-refractivity contribution in [2.75, 3.05) is 0 Å². The molecule has 0 aliphatic heterocycles. The van der Waals surface area contributed by atoms with Crippen LogP contribution < -0.4 is 0 Å². The van der Waals surface area contributed by atoms with Gasteiger partial charge in [0, 0.05) is 6.07 Å². The van der Waals surface area contributed by atoms with Gasteiger partial charge < -0.3 is 0 Å². The van der Waals surface area contributed by atoms with E-state index in [0.717, 1.165) is 18.3 Å². The van der Waals surface area contributed by atoms with Crippen molar-refractivity contribution in [2.45, 2.75) is 24.1 Å². The fraction of sp³-hybridized carbons (Fsp3) is 0.375. The van der Waals surface area contributed by atoms with Gasteiger partial charge in [0.25, 0.3) is 5.69 Å². The number of hydrogen-bond donors (Lipinski definition) is 0. The Balaban J connectivity index is 3.15. The minimum atomic E-state index is -3.45. The molecule has 0 aliphatic carbocycles. The predicted octanol–water partition coefficient (Wildman–Crippen LogP) is 1.17. The number of sulfone groups is 1. The van der Waals surface area contributed by atoms with Gasteiger partial charge in [0.05, 0.1) is 10.2 Å². The molecule has 1 aromatic rings. The van der Waals surface area contributed by atoms with Gasteiger partial charge in [-0.3, -0.25) is 10.1 Å². The molecule has 6 nitrogen and oxygen atoms in total. The van der Waals surface area contributed by atoms with Crippen LogP contribution in [0.4, 0.5) is 5.69 Å². The van der Waals surface area contributed by atoms with Crippen molar-refractivity contribution in [1.82, 2.24) is 4.98 Å². The highest BCUT2D eigenvalue weighted by atomic mass is 32.2. The summed E-state index contributed by atoms with van der Waals surface area (Å²) < 4.78 is 23.2. The molecule has 0 atom stereocenters. The number of nitro groups is 1. The maximum absolute atomic E-state index is 11.6. The lowest BCUT2D eigenvalue weighted by Gasteiger charge is -2.05. The summed E-state index contributed by atoms with van der Waals surface area (Å²) in [5.41, 5.74) is -0.224. The molecule has 15 heavy (non-hydrogen) atoms. The van der Waals surface area contributed by atoms with Crippen molar-refractivity contribution >= 4 is 15.5 Å². The summed E-state index contributed by atoms with van der Waals surface area (Å²) in [6.07, 6.45) is 0.940. The molecule has 0 bridgehead atoms. The van der Waals surface area contributed by atoms with Gasteiger partial charge in [-0.15, -0.1) is 0 Å². The largest absolute Gasteiger partial charge is 0.287 e. The highest BCUT2D eigenvalue weighted by Crippen LogP contribution is 2.16. The normalized spacial score (nSPS) is 11.7. The van der Waals surface area contributed by atoms with E-state index >= 15 is 0 Å². The van der Waals surface area contributed by atoms with Crippen molar-refractivity contribution in [3.05, 3.63) is 28.4 Å². The van der Waals surface area contributed by atoms with Crippen LogP contribution in [-0.4, -0.2) is 23.6 Å². The van der Waals surface area contributed by atoms with Gasteiger partial charge in [0.2, 0.25) is 0 Å². The number of nitrogens with zero attached hydrogens (tertiary/aromatic N) is 2. The fourth-order valence-corrected chi connectivity index (χ4v) is 1.83. The van der Waals surface area contributed by atoms with E-state index in [0.29, 0.717) is 0 Å². The molecule has 0 saturated heterocycles. The molecule has 1 heterocycles. The van der Waals surface area contributed by atoms with Crippen molar-refractivity contribution in [3.63, 3.8) is 0 Å². The number of hydrogen-bond acceptors (Lipinski definition) is 5. The number of pyridine rings is 1. The van der Waals surface area contributed by atoms with Crippen LogP contribution in [0, 0.1) is 10.1 Å². The Labute approximate surface area is 87.0 Å². The van der Waals surface area contributed by atoms with Crippen molar-refractivity contribution in [1.29, 1.82) is 0 Å². The second-order valence-electron chi connectivity index (χ2n) is 3.21. The van der Waals surface area contributed by atoms with Gasteiger partial charge >= 0.3 is 0 Å². The minimum Gasteiger partial charge on any atom is -0.258 e. The first-order valence-corrected chi connectivity index (χ1v) is 5.74. The van der Waals surface area contributed by atoms with Crippen molar-refractivity contribution in [2.24, 2.45) is 0 Å². The second kappa shape index (κ2) is 3.93. The van der Waals surface area contributed by atoms with Crippen LogP contribution in [0.1, 0.15) is 13.8 Å². The highest BCUT2D eigenvalue weighted by Gasteiger charge is 2.21. The van der Waals surface area contributed by atoms with Gasteiger partial charge in [-0.05, 0) is 19.9 Å². The van der Waals surface area contributed by atoms with Crippen LogP contribution in [0.5, 0.6) is 0 Å². The van der Waals surface area contributed by atoms with E-state index in [-0.39, 0.29) is 10.7 Å². The number of aromatic nitrogens is 1. The first-order valence-electron chi connectivity index (χ1n) is 4.20. The Hall–Kier alpha value is -1.50. The molecule has 0 radical (unpaired) electrons. The Kier molecular flexibility index (Phi) is 3.04. The summed E-state index contributed by atoms with van der Waals surface area (Å²) in [6, 6.07) is 2.27. The zero-order valence-electron chi connectivity index (χ0n) is 8.25. The SMILES string of the molecule is CC(C)S(=O)(=O)c1ccc([N+](=O)[O-])cn1. The molecule has 0 N–H and O–H groups in total. The average Bonchev–Trinajstić information content (AvgIpc) is 2.17. The molecule has 7 heteroatoms. The quantitative estimate of drug-likeness (QED) is 0.574. The average molecular weight is 230 g/mol. The predicted molar refractivity (Wildman–Crippen MR) is 53.2 cm³/mol. The van der Waals surface area contributed by atoms with Gasteiger partial charge in [-0.1, -0.05) is 0 Å². The highest BCUT2D eigenvalue weighted by molar-refractivity contribution is 7.91. The van der Waals surface area contributed by atoms with Gasteiger partial charge in [-0.2, -0.15) is 0 Å². The Morgan fingerprint density at radius 1 is 1.40 bits per heavy atom. The summed E-state index contributed by atoms with van der Waals surface area (Å²) in [4.78, 5) is 13.2. The van der Waals surface area contributed by atoms with Gasteiger partial charge in [-0.25, -0.2) is 13.4 Å². The Morgan fingerprint density at radius 2 is 2.00 bits per heavy atom. The minimum absolute atomic E-state index is 0.136. The first kappa shape index (κ1) is 11.6. The van der Waals surface area contributed by atoms with Crippen LogP contribution in [-0.2, 0) is 9.84 Å². The molecule has 0 saturated carbocycles. The van der Waals surface area contributed by atoms with Gasteiger partial charge in [0.1, 0.15) is 6.20 Å². The fourth-order valence-electron chi connectivity index (χ4n) is 0.890. The molecule has 0 unspecified atom stereocenters. The van der Waals surface area contributed by atoms with Crippen LogP contribution in [0.3, 0.4) is 0 Å². The topological polar surface area (TPSA) is 90.2 Å². The third-order valence-electron chi connectivity index (χ3n) is 1.84. The molecule has 0 spiro atoms. The maximum Gasteiger partial charge on any atom is 0.287 e. The molecule has 0 aromatic carbocycles. The molecule has 0 fully saturated rings. The summed E-state index contributed by atoms with van der Waals surface area (Å²) in [6.45, 7) is 3.05. The van der Waals surface area contributed by atoms with Crippen LogP contribution in [0.15, 0.2) is 23.4 Å². The van der Waals surface area contributed by atoms with E-state index in [9.17, 15) is 18.5 Å². The third-order valence-corrected chi connectivity index (χ3v) is 3.91. The van der Waals surface area contributed by atoms with Crippen LogP contribution in [0.2, 0.25) is 0 Å². The summed E-state index contributed by atoms with van der Waals surface area (Å²) in [5.74, 6) is 0. The lowest BCUT2D eigenvalue weighted by molar-refractivity contribution is -0.385. The second-order valence-corrected chi connectivity index (χ2v) is 5.66. The zero-order valence-corrected chi connectivity index (χ0v) is 9.06. The smallest absolute Gasteiger partial charge is 0.258 e. The maximum atomic E-state index is 11.6. The Morgan fingerprint density at radius 3 is 2.33 bits per heavy atom. The lowest BCUT2D eigenvalue weighted by Crippen LogP contribution is -2.15. The molecular weight excluding hydrogens is 220 g/mol. The molecule has 1 aromatic heterocycles. The van der Waals surface area contributed by atoms with Crippen molar-refractivity contribution in [3.8, 4) is 0 Å². The van der Waals surface area contributed by atoms with E-state index < -0.39 is 20.0 Å². The van der Waals surface area contributed by atoms with Gasteiger partial charge in [0.15, 0.2) is 14.9 Å². The molecule has 82 valence electrons. The molecule has 0 aliphatic rings. The van der Waals surface area contributed by atoms with E-state index in [1.165, 1.54) is 13.8 Å². The van der Waals surface area contributed by atoms with E-state index in [1.807, 2.05) is 0 Å². The van der Waals surface area contributed by atoms with E-state index in [2.05, 4.69) is 4.98 Å². The third kappa shape index (κ3) is 2.30. The zero-order chi connectivity index (χ0) is 11.6. The Bertz CT molecular complexity index is 464. The molecule has 1 rings (SSSR count). The first-order chi connectivity index (χ1) is 6.85. The van der Waals surface area contributed by atoms with E-state index in [1.54, 1.807) is 0 Å². The summed E-state index contributed by atoms with van der Waals surface area (Å²) in [5, 5.41) is 9.58. The number of rotatable bonds is 3. The standard InChI is InChI=1S/C8H10N2O4S/c1-6(2)15(13,14)8-4-3-7(5-9-8)10(11)12/h3-6H,1-2H3. The molecule has 0 amide bonds. The van der Waals surface area contributed by atoms with Crippen LogP contribution in [0.25, 0.3) is 0 Å². The monoisotopic (exact) mass is 230 g/mol. The van der Waals surface area contributed by atoms with Crippen LogP contribution >= 0.6 is 0 Å². The molecular formula is C8H10N2O4S. The van der Waals surface area contributed by atoms with Crippen molar-refractivity contribution < 1.29 is 13.3 Å². The van der Waals surface area contributed by atoms with E-state index in [4.69, 9.17) is 0 Å². The summed E-state index contributed by atoms with van der Waals surface area (Å²) >= 11 is 0.